The van der Waals surface area contributed by atoms with Gasteiger partial charge >= 0.3 is 12.2 Å². The van der Waals surface area contributed by atoms with Gasteiger partial charge in [-0.1, -0.05) is 60.7 Å². The molecule has 0 bridgehead atoms. The summed E-state index contributed by atoms with van der Waals surface area (Å²) in [7, 11) is 2.84. The Morgan fingerprint density at radius 3 is 2.11 bits per heavy atom. The average molecular weight is 635 g/mol. The predicted molar refractivity (Wildman–Crippen MR) is 178 cm³/mol. The van der Waals surface area contributed by atoms with Crippen molar-refractivity contribution < 1.29 is 28.6 Å². The number of amides is 3. The van der Waals surface area contributed by atoms with Gasteiger partial charge in [0, 0.05) is 28.2 Å². The van der Waals surface area contributed by atoms with Gasteiger partial charge in [-0.2, -0.15) is 0 Å². The molecule has 0 saturated heterocycles. The first-order valence-corrected chi connectivity index (χ1v) is 15.3. The Kier molecular flexibility index (Phi) is 8.93. The molecule has 4 aromatic carbocycles. The zero-order chi connectivity index (χ0) is 32.0. The molecule has 3 amide bonds. The van der Waals surface area contributed by atoms with Crippen LogP contribution in [0.1, 0.15) is 17.0 Å². The fourth-order valence-electron chi connectivity index (χ4n) is 5.37. The highest BCUT2D eigenvalue weighted by Crippen LogP contribution is 2.44. The summed E-state index contributed by atoms with van der Waals surface area (Å²) >= 11 is 1.27. The van der Waals surface area contributed by atoms with E-state index in [1.165, 1.54) is 23.3 Å². The molecule has 6 rings (SSSR count). The van der Waals surface area contributed by atoms with E-state index in [9.17, 15) is 14.4 Å². The van der Waals surface area contributed by atoms with Crippen molar-refractivity contribution in [1.29, 1.82) is 0 Å². The first-order chi connectivity index (χ1) is 22.4. The van der Waals surface area contributed by atoms with Crippen LogP contribution in [0.25, 0.3) is 22.4 Å². The molecule has 1 aliphatic carbocycles. The summed E-state index contributed by atoms with van der Waals surface area (Å²) in [4.78, 5) is 44.0. The molecule has 46 heavy (non-hydrogen) atoms. The number of carbonyl (C=O) groups excluding carboxylic acids is 3. The number of hydrogen-bond acceptors (Lipinski definition) is 8. The van der Waals surface area contributed by atoms with E-state index >= 15 is 0 Å². The van der Waals surface area contributed by atoms with Gasteiger partial charge in [-0.15, -0.1) is 11.3 Å². The van der Waals surface area contributed by atoms with Gasteiger partial charge in [0.1, 0.15) is 18.9 Å². The fourth-order valence-corrected chi connectivity index (χ4v) is 6.07. The molecule has 0 atom stereocenters. The minimum atomic E-state index is -0.641. The van der Waals surface area contributed by atoms with E-state index < -0.39 is 18.1 Å². The summed E-state index contributed by atoms with van der Waals surface area (Å²) in [5.74, 6) is 0.0934. The topological polar surface area (TPSA) is 119 Å². The van der Waals surface area contributed by atoms with Crippen molar-refractivity contribution in [3.05, 3.63) is 114 Å². The van der Waals surface area contributed by atoms with Crippen LogP contribution in [-0.2, 0) is 14.3 Å². The van der Waals surface area contributed by atoms with E-state index in [1.54, 1.807) is 61.0 Å². The lowest BCUT2D eigenvalue weighted by molar-refractivity contribution is -0.115. The molecule has 11 heteroatoms. The second-order valence-corrected chi connectivity index (χ2v) is 11.2. The number of carbonyl (C=O) groups is 3. The Labute approximate surface area is 269 Å². The molecule has 1 heterocycles. The lowest BCUT2D eigenvalue weighted by Gasteiger charge is -2.23. The number of nitrogens with one attached hydrogen (secondary N) is 2. The van der Waals surface area contributed by atoms with Gasteiger partial charge in [0.25, 0.3) is 0 Å². The standard InChI is InChI=1S/C35H30N4O6S/c1-43-25-17-15-24(16-18-25)39(35(42)45-20-30-28-9-5-3-7-26(28)27-8-4-6-10-29(27)30)19-32(40)36-23-13-11-22(12-14-23)31-21-46-33(37-31)38-34(41)44-2/h3-18,21,30H,19-20H2,1-2H3,(H,36,40)(H,37,38,41). The lowest BCUT2D eigenvalue weighted by Crippen LogP contribution is -2.39. The maximum absolute atomic E-state index is 13.6. The van der Waals surface area contributed by atoms with E-state index in [4.69, 9.17) is 9.47 Å². The Balaban J connectivity index is 1.15. The number of rotatable bonds is 9. The summed E-state index contributed by atoms with van der Waals surface area (Å²) in [5, 5.41) is 7.61. The summed E-state index contributed by atoms with van der Waals surface area (Å²) in [6, 6.07) is 30.2. The van der Waals surface area contributed by atoms with Crippen LogP contribution < -0.4 is 20.3 Å². The molecule has 1 aromatic heterocycles. The monoisotopic (exact) mass is 634 g/mol. The molecule has 0 radical (unpaired) electrons. The second-order valence-electron chi connectivity index (χ2n) is 10.4. The van der Waals surface area contributed by atoms with E-state index in [1.807, 2.05) is 24.3 Å². The Bertz CT molecular complexity index is 1830. The molecule has 0 spiro atoms. The minimum absolute atomic E-state index is 0.119. The smallest absolute Gasteiger partial charge is 0.414 e. The molecular formula is C35H30N4O6S. The van der Waals surface area contributed by atoms with Gasteiger partial charge in [-0.05, 0) is 58.7 Å². The number of anilines is 3. The maximum Gasteiger partial charge on any atom is 0.414 e. The van der Waals surface area contributed by atoms with E-state index in [-0.39, 0.29) is 19.1 Å². The van der Waals surface area contributed by atoms with Gasteiger partial charge in [0.05, 0.1) is 19.9 Å². The van der Waals surface area contributed by atoms with Crippen LogP contribution in [0.3, 0.4) is 0 Å². The van der Waals surface area contributed by atoms with Crippen LogP contribution in [0.15, 0.2) is 102 Å². The first kappa shape index (κ1) is 30.4. The summed E-state index contributed by atoms with van der Waals surface area (Å²) in [6.45, 7) is -0.157. The van der Waals surface area contributed by atoms with E-state index in [0.717, 1.165) is 27.8 Å². The largest absolute Gasteiger partial charge is 0.497 e. The fraction of sp³-hybridized carbons (Fsp3) is 0.143. The van der Waals surface area contributed by atoms with Gasteiger partial charge in [0.2, 0.25) is 5.91 Å². The van der Waals surface area contributed by atoms with Crippen LogP contribution in [0, 0.1) is 0 Å². The van der Waals surface area contributed by atoms with Crippen LogP contribution in [0.2, 0.25) is 0 Å². The number of methoxy groups -OCH3 is 2. The molecular weight excluding hydrogens is 604 g/mol. The average Bonchev–Trinajstić information content (AvgIpc) is 3.69. The minimum Gasteiger partial charge on any atom is -0.497 e. The highest BCUT2D eigenvalue weighted by molar-refractivity contribution is 7.14. The van der Waals surface area contributed by atoms with Crippen molar-refractivity contribution in [1.82, 2.24) is 4.98 Å². The van der Waals surface area contributed by atoms with Crippen molar-refractivity contribution in [2.24, 2.45) is 0 Å². The van der Waals surface area contributed by atoms with Crippen LogP contribution >= 0.6 is 11.3 Å². The molecule has 232 valence electrons. The number of aromatic nitrogens is 1. The number of ether oxygens (including phenoxy) is 3. The Morgan fingerprint density at radius 1 is 0.826 bits per heavy atom. The third-order valence-electron chi connectivity index (χ3n) is 7.61. The van der Waals surface area contributed by atoms with Gasteiger partial charge in [0.15, 0.2) is 5.13 Å². The molecule has 0 saturated carbocycles. The lowest BCUT2D eigenvalue weighted by atomic mass is 9.98. The molecule has 0 fully saturated rings. The Morgan fingerprint density at radius 2 is 1.48 bits per heavy atom. The van der Waals surface area contributed by atoms with Crippen molar-refractivity contribution in [3.63, 3.8) is 0 Å². The molecule has 2 N–H and O–H groups in total. The van der Waals surface area contributed by atoms with Crippen LogP contribution in [0.4, 0.5) is 26.1 Å². The van der Waals surface area contributed by atoms with Gasteiger partial charge < -0.3 is 19.5 Å². The van der Waals surface area contributed by atoms with Crippen LogP contribution in [-0.4, -0.2) is 50.4 Å². The first-order valence-electron chi connectivity index (χ1n) is 14.4. The predicted octanol–water partition coefficient (Wildman–Crippen LogP) is 7.39. The molecule has 10 nitrogen and oxygen atoms in total. The summed E-state index contributed by atoms with van der Waals surface area (Å²) < 4.78 is 15.8. The Hall–Kier alpha value is -5.68. The normalized spacial score (nSPS) is 11.6. The van der Waals surface area contributed by atoms with Gasteiger partial charge in [-0.25, -0.2) is 14.6 Å². The molecule has 0 unspecified atom stereocenters. The highest BCUT2D eigenvalue weighted by atomic mass is 32.1. The van der Waals surface area contributed by atoms with Crippen molar-refractivity contribution in [2.75, 3.05) is 42.9 Å². The molecule has 5 aromatic rings. The zero-order valence-electron chi connectivity index (χ0n) is 25.1. The second kappa shape index (κ2) is 13.5. The maximum atomic E-state index is 13.6. The van der Waals surface area contributed by atoms with E-state index in [0.29, 0.717) is 27.9 Å². The number of hydrogen-bond donors (Lipinski definition) is 2. The van der Waals surface area contributed by atoms with Crippen molar-refractivity contribution in [3.8, 4) is 28.1 Å². The zero-order valence-corrected chi connectivity index (χ0v) is 25.9. The number of fused-ring (bicyclic) bond motifs is 3. The SMILES string of the molecule is COC(=O)Nc1nc(-c2ccc(NC(=O)CN(C(=O)OCC3c4ccccc4-c4ccccc43)c3ccc(OC)cc3)cc2)cs1. The number of thiazole rings is 1. The molecule has 1 aliphatic rings. The highest BCUT2D eigenvalue weighted by Gasteiger charge is 2.30. The summed E-state index contributed by atoms with van der Waals surface area (Å²) in [5.41, 5.74) is 6.95. The quantitative estimate of drug-likeness (QED) is 0.174. The number of nitrogens with zero attached hydrogens (tertiary/aromatic N) is 2. The summed E-state index contributed by atoms with van der Waals surface area (Å²) in [6.07, 6.45) is -1.24. The third kappa shape index (κ3) is 6.54. The number of benzene rings is 4. The molecule has 0 aliphatic heterocycles. The van der Waals surface area contributed by atoms with Gasteiger partial charge in [-0.3, -0.25) is 15.0 Å². The van der Waals surface area contributed by atoms with Crippen molar-refractivity contribution >= 4 is 45.9 Å². The third-order valence-corrected chi connectivity index (χ3v) is 8.36. The van der Waals surface area contributed by atoms with Crippen LogP contribution in [0.5, 0.6) is 5.75 Å². The van der Waals surface area contributed by atoms with E-state index in [2.05, 4.69) is 44.6 Å². The van der Waals surface area contributed by atoms with Crippen molar-refractivity contribution in [2.45, 2.75) is 5.92 Å².